The van der Waals surface area contributed by atoms with Crippen LogP contribution in [0.5, 0.6) is 0 Å². The molecule has 0 aliphatic carbocycles. The molecule has 0 atom stereocenters. The molecule has 0 bridgehead atoms. The summed E-state index contributed by atoms with van der Waals surface area (Å²) in [5, 5.41) is 4.18. The molecule has 0 spiro atoms. The SMILES string of the molecule is Cc1cc(F)c(S(=O)(=O)NCc2ccn(C(C)C)n2)cc1F. The highest BCUT2D eigenvalue weighted by Gasteiger charge is 2.21. The van der Waals surface area contributed by atoms with Crippen molar-refractivity contribution in [3.8, 4) is 0 Å². The number of benzene rings is 1. The van der Waals surface area contributed by atoms with Crippen LogP contribution in [0, 0.1) is 18.6 Å². The van der Waals surface area contributed by atoms with Crippen LogP contribution in [0.25, 0.3) is 0 Å². The Hall–Kier alpha value is -1.80. The summed E-state index contributed by atoms with van der Waals surface area (Å²) in [4.78, 5) is -0.709. The summed E-state index contributed by atoms with van der Waals surface area (Å²) < 4.78 is 55.3. The number of nitrogens with zero attached hydrogens (tertiary/aromatic N) is 2. The van der Waals surface area contributed by atoms with Gasteiger partial charge in [0.15, 0.2) is 0 Å². The fourth-order valence-corrected chi connectivity index (χ4v) is 2.91. The highest BCUT2D eigenvalue weighted by atomic mass is 32.2. The van der Waals surface area contributed by atoms with Gasteiger partial charge in [0, 0.05) is 12.2 Å². The minimum Gasteiger partial charge on any atom is -0.270 e. The van der Waals surface area contributed by atoms with Crippen molar-refractivity contribution in [2.45, 2.75) is 38.3 Å². The van der Waals surface area contributed by atoms with E-state index in [2.05, 4.69) is 9.82 Å². The van der Waals surface area contributed by atoms with E-state index in [0.29, 0.717) is 11.8 Å². The maximum Gasteiger partial charge on any atom is 0.243 e. The zero-order chi connectivity index (χ0) is 16.5. The van der Waals surface area contributed by atoms with E-state index >= 15 is 0 Å². The van der Waals surface area contributed by atoms with Gasteiger partial charge in [0.25, 0.3) is 0 Å². The van der Waals surface area contributed by atoms with Crippen molar-refractivity contribution in [2.75, 3.05) is 0 Å². The summed E-state index contributed by atoms with van der Waals surface area (Å²) >= 11 is 0. The van der Waals surface area contributed by atoms with Crippen molar-refractivity contribution in [3.05, 3.63) is 47.3 Å². The predicted molar refractivity (Wildman–Crippen MR) is 77.7 cm³/mol. The van der Waals surface area contributed by atoms with E-state index in [4.69, 9.17) is 0 Å². The fourth-order valence-electron chi connectivity index (χ4n) is 1.84. The van der Waals surface area contributed by atoms with Crippen molar-refractivity contribution in [1.29, 1.82) is 0 Å². The molecule has 0 saturated heterocycles. The Labute approximate surface area is 128 Å². The Morgan fingerprint density at radius 3 is 2.55 bits per heavy atom. The molecule has 0 unspecified atom stereocenters. The zero-order valence-corrected chi connectivity index (χ0v) is 13.3. The van der Waals surface area contributed by atoms with Gasteiger partial charge in [-0.1, -0.05) is 0 Å². The molecule has 0 aliphatic heterocycles. The summed E-state index contributed by atoms with van der Waals surface area (Å²) in [6, 6.07) is 3.35. The van der Waals surface area contributed by atoms with Crippen molar-refractivity contribution >= 4 is 10.0 Å². The van der Waals surface area contributed by atoms with Crippen LogP contribution in [0.2, 0.25) is 0 Å². The first-order valence-corrected chi connectivity index (χ1v) is 8.18. The predicted octanol–water partition coefficient (Wildman–Crippen LogP) is 2.53. The normalized spacial score (nSPS) is 12.1. The molecule has 5 nitrogen and oxygen atoms in total. The van der Waals surface area contributed by atoms with Crippen molar-refractivity contribution < 1.29 is 17.2 Å². The average molecular weight is 329 g/mol. The van der Waals surface area contributed by atoms with Crippen LogP contribution < -0.4 is 4.72 Å². The summed E-state index contributed by atoms with van der Waals surface area (Å²) in [7, 11) is -4.15. The minimum atomic E-state index is -4.15. The first kappa shape index (κ1) is 16.6. The monoisotopic (exact) mass is 329 g/mol. The molecule has 1 N–H and O–H groups in total. The van der Waals surface area contributed by atoms with Crippen LogP contribution in [0.15, 0.2) is 29.3 Å². The second kappa shape index (κ2) is 6.13. The van der Waals surface area contributed by atoms with Gasteiger partial charge in [-0.3, -0.25) is 4.68 Å². The number of aromatic nitrogens is 2. The molecule has 0 radical (unpaired) electrons. The molecule has 2 rings (SSSR count). The maximum atomic E-state index is 13.8. The standard InChI is InChI=1S/C14H17F2N3O2S/c1-9(2)19-5-4-11(18-19)8-17-22(20,21)14-7-12(15)10(3)6-13(14)16/h4-7,9,17H,8H2,1-3H3. The number of aryl methyl sites for hydroxylation is 1. The zero-order valence-electron chi connectivity index (χ0n) is 12.5. The third kappa shape index (κ3) is 3.50. The molecule has 8 heteroatoms. The Bertz CT molecular complexity index is 785. The van der Waals surface area contributed by atoms with E-state index in [-0.39, 0.29) is 18.2 Å². The van der Waals surface area contributed by atoms with Gasteiger partial charge in [0.1, 0.15) is 16.5 Å². The molecule has 0 fully saturated rings. The molecule has 0 aliphatic rings. The van der Waals surface area contributed by atoms with Gasteiger partial charge in [0.05, 0.1) is 12.2 Å². The third-order valence-corrected chi connectivity index (χ3v) is 4.55. The second-order valence-corrected chi connectivity index (χ2v) is 6.97. The Kier molecular flexibility index (Phi) is 4.62. The summed E-state index contributed by atoms with van der Waals surface area (Å²) in [6.07, 6.45) is 1.72. The van der Waals surface area contributed by atoms with E-state index in [9.17, 15) is 17.2 Å². The van der Waals surface area contributed by atoms with E-state index in [1.165, 1.54) is 6.92 Å². The fraction of sp³-hybridized carbons (Fsp3) is 0.357. The lowest BCUT2D eigenvalue weighted by molar-refractivity contribution is 0.523. The molecule has 1 aromatic carbocycles. The van der Waals surface area contributed by atoms with Crippen LogP contribution in [-0.4, -0.2) is 18.2 Å². The minimum absolute atomic E-state index is 0.0483. The highest BCUT2D eigenvalue weighted by molar-refractivity contribution is 7.89. The number of hydrogen-bond acceptors (Lipinski definition) is 3. The number of halogens is 2. The van der Waals surface area contributed by atoms with Crippen LogP contribution in [0.1, 0.15) is 31.1 Å². The Morgan fingerprint density at radius 2 is 1.95 bits per heavy atom. The molecular formula is C14H17F2N3O2S. The van der Waals surface area contributed by atoms with E-state index in [0.717, 1.165) is 6.07 Å². The van der Waals surface area contributed by atoms with Crippen molar-refractivity contribution in [2.24, 2.45) is 0 Å². The molecular weight excluding hydrogens is 312 g/mol. The largest absolute Gasteiger partial charge is 0.270 e. The smallest absolute Gasteiger partial charge is 0.243 e. The van der Waals surface area contributed by atoms with E-state index in [1.54, 1.807) is 16.9 Å². The van der Waals surface area contributed by atoms with Crippen molar-refractivity contribution in [3.63, 3.8) is 0 Å². The molecule has 1 heterocycles. The molecule has 0 amide bonds. The first-order valence-electron chi connectivity index (χ1n) is 6.70. The van der Waals surface area contributed by atoms with Gasteiger partial charge in [-0.05, 0) is 44.5 Å². The van der Waals surface area contributed by atoms with Crippen LogP contribution in [-0.2, 0) is 16.6 Å². The first-order chi connectivity index (χ1) is 10.2. The number of hydrogen-bond donors (Lipinski definition) is 1. The van der Waals surface area contributed by atoms with Gasteiger partial charge in [-0.15, -0.1) is 0 Å². The molecule has 1 aromatic heterocycles. The molecule has 2 aromatic rings. The summed E-state index contributed by atoms with van der Waals surface area (Å²) in [5.41, 5.74) is 0.539. The second-order valence-electron chi connectivity index (χ2n) is 5.24. The van der Waals surface area contributed by atoms with Gasteiger partial charge in [0.2, 0.25) is 10.0 Å². The average Bonchev–Trinajstić information content (AvgIpc) is 2.89. The number of sulfonamides is 1. The van der Waals surface area contributed by atoms with Crippen LogP contribution in [0.3, 0.4) is 0 Å². The quantitative estimate of drug-likeness (QED) is 0.917. The third-order valence-electron chi connectivity index (χ3n) is 3.14. The molecule has 22 heavy (non-hydrogen) atoms. The van der Waals surface area contributed by atoms with Gasteiger partial charge in [-0.2, -0.15) is 5.10 Å². The van der Waals surface area contributed by atoms with Crippen LogP contribution in [0.4, 0.5) is 8.78 Å². The van der Waals surface area contributed by atoms with Gasteiger partial charge in [-0.25, -0.2) is 21.9 Å². The van der Waals surface area contributed by atoms with E-state index < -0.39 is 26.6 Å². The topological polar surface area (TPSA) is 64.0 Å². The van der Waals surface area contributed by atoms with Crippen molar-refractivity contribution in [1.82, 2.24) is 14.5 Å². The lowest BCUT2D eigenvalue weighted by atomic mass is 10.2. The lowest BCUT2D eigenvalue weighted by Crippen LogP contribution is -2.25. The summed E-state index contributed by atoms with van der Waals surface area (Å²) in [5.74, 6) is -1.76. The molecule has 120 valence electrons. The maximum absolute atomic E-state index is 13.8. The van der Waals surface area contributed by atoms with Gasteiger partial charge >= 0.3 is 0 Å². The van der Waals surface area contributed by atoms with E-state index in [1.807, 2.05) is 13.8 Å². The lowest BCUT2D eigenvalue weighted by Gasteiger charge is -2.08. The number of nitrogens with one attached hydrogen (secondary N) is 1. The molecule has 0 saturated carbocycles. The highest BCUT2D eigenvalue weighted by Crippen LogP contribution is 2.19. The Morgan fingerprint density at radius 1 is 1.27 bits per heavy atom. The van der Waals surface area contributed by atoms with Crippen LogP contribution >= 0.6 is 0 Å². The van der Waals surface area contributed by atoms with Gasteiger partial charge < -0.3 is 0 Å². The Balaban J connectivity index is 2.19. The summed E-state index contributed by atoms with van der Waals surface area (Å²) in [6.45, 7) is 5.13. The number of rotatable bonds is 5.